The summed E-state index contributed by atoms with van der Waals surface area (Å²) in [5.74, 6) is 0. The number of para-hydroxylation sites is 1. The minimum absolute atomic E-state index is 0.313. The van der Waals surface area contributed by atoms with Crippen molar-refractivity contribution < 1.29 is 4.74 Å². The van der Waals surface area contributed by atoms with E-state index < -0.39 is 0 Å². The Balaban J connectivity index is 1.67. The molecule has 0 radical (unpaired) electrons. The van der Waals surface area contributed by atoms with Gasteiger partial charge in [0, 0.05) is 11.4 Å². The quantitative estimate of drug-likeness (QED) is 0.900. The highest BCUT2D eigenvalue weighted by atomic mass is 16.5. The summed E-state index contributed by atoms with van der Waals surface area (Å²) in [6.07, 6.45) is 3.45. The van der Waals surface area contributed by atoms with Gasteiger partial charge >= 0.3 is 0 Å². The van der Waals surface area contributed by atoms with E-state index in [2.05, 4.69) is 17.1 Å². The lowest BCUT2D eigenvalue weighted by atomic mass is 10.2. The van der Waals surface area contributed by atoms with Crippen LogP contribution in [0.25, 0.3) is 10.9 Å². The summed E-state index contributed by atoms with van der Waals surface area (Å²) >= 11 is 0. The number of pyridine rings is 1. The number of nitrogens with zero attached hydrogens (tertiary/aromatic N) is 1. The van der Waals surface area contributed by atoms with Crippen molar-refractivity contribution in [2.75, 3.05) is 0 Å². The molecular formula is C15H18N2O. The molecule has 1 heterocycles. The van der Waals surface area contributed by atoms with Crippen LogP contribution < -0.4 is 5.73 Å². The molecule has 1 aromatic carbocycles. The maximum Gasteiger partial charge on any atom is 0.0891 e. The average Bonchev–Trinajstić information content (AvgIpc) is 2.82. The van der Waals surface area contributed by atoms with E-state index in [4.69, 9.17) is 10.5 Å². The van der Waals surface area contributed by atoms with Crippen LogP contribution in [-0.2, 0) is 11.3 Å². The third kappa shape index (κ3) is 2.52. The van der Waals surface area contributed by atoms with E-state index in [1.807, 2.05) is 24.3 Å². The van der Waals surface area contributed by atoms with Gasteiger partial charge in [0.05, 0.1) is 23.9 Å². The molecule has 0 amide bonds. The zero-order valence-electron chi connectivity index (χ0n) is 10.4. The fourth-order valence-electron chi connectivity index (χ4n) is 2.52. The second-order valence-electron chi connectivity index (χ2n) is 5.00. The van der Waals surface area contributed by atoms with E-state index in [1.54, 1.807) is 0 Å². The molecule has 0 bridgehead atoms. The van der Waals surface area contributed by atoms with Gasteiger partial charge in [-0.1, -0.05) is 24.3 Å². The number of hydrogen-bond acceptors (Lipinski definition) is 3. The van der Waals surface area contributed by atoms with Crippen LogP contribution in [0.4, 0.5) is 0 Å². The molecule has 1 aromatic heterocycles. The van der Waals surface area contributed by atoms with Crippen molar-refractivity contribution in [3.63, 3.8) is 0 Å². The van der Waals surface area contributed by atoms with Gasteiger partial charge in [-0.3, -0.25) is 4.98 Å². The molecule has 3 nitrogen and oxygen atoms in total. The van der Waals surface area contributed by atoms with E-state index in [9.17, 15) is 0 Å². The fourth-order valence-corrected chi connectivity index (χ4v) is 2.52. The first-order chi connectivity index (χ1) is 8.81. The van der Waals surface area contributed by atoms with Crippen LogP contribution in [-0.4, -0.2) is 17.1 Å². The normalized spacial score (nSPS) is 23.6. The van der Waals surface area contributed by atoms with Crippen LogP contribution in [0, 0.1) is 0 Å². The first kappa shape index (κ1) is 11.6. The predicted octanol–water partition coefficient (Wildman–Crippen LogP) is 2.63. The van der Waals surface area contributed by atoms with Gasteiger partial charge in [0.15, 0.2) is 0 Å². The summed E-state index contributed by atoms with van der Waals surface area (Å²) < 4.78 is 5.87. The highest BCUT2D eigenvalue weighted by Gasteiger charge is 2.22. The standard InChI is InChI=1S/C15H18N2O/c16-12-6-8-14(9-12)18-10-13-7-5-11-3-1-2-4-15(11)17-13/h1-5,7,12,14H,6,8-10,16H2. The molecule has 2 unspecified atom stereocenters. The first-order valence-electron chi connectivity index (χ1n) is 6.53. The summed E-state index contributed by atoms with van der Waals surface area (Å²) in [6, 6.07) is 12.6. The molecule has 2 N–H and O–H groups in total. The van der Waals surface area contributed by atoms with Gasteiger partial charge in [-0.05, 0) is 31.4 Å². The molecule has 1 saturated carbocycles. The van der Waals surface area contributed by atoms with Crippen molar-refractivity contribution in [2.45, 2.75) is 38.0 Å². The maximum absolute atomic E-state index is 5.87. The Labute approximate surface area is 107 Å². The first-order valence-corrected chi connectivity index (χ1v) is 6.53. The third-order valence-electron chi connectivity index (χ3n) is 3.55. The molecule has 2 aromatic rings. The number of hydrogen-bond donors (Lipinski definition) is 1. The van der Waals surface area contributed by atoms with Crippen molar-refractivity contribution >= 4 is 10.9 Å². The molecule has 0 aliphatic heterocycles. The molecule has 3 rings (SSSR count). The highest BCUT2D eigenvalue weighted by molar-refractivity contribution is 5.78. The number of benzene rings is 1. The monoisotopic (exact) mass is 242 g/mol. The summed E-state index contributed by atoms with van der Waals surface area (Å²) in [5.41, 5.74) is 7.90. The van der Waals surface area contributed by atoms with Gasteiger partial charge in [-0.2, -0.15) is 0 Å². The SMILES string of the molecule is NC1CCC(OCc2ccc3ccccc3n2)C1. The Hall–Kier alpha value is -1.45. The van der Waals surface area contributed by atoms with Crippen LogP contribution in [0.2, 0.25) is 0 Å². The predicted molar refractivity (Wildman–Crippen MR) is 72.1 cm³/mol. The molecular weight excluding hydrogens is 224 g/mol. The summed E-state index contributed by atoms with van der Waals surface area (Å²) in [7, 11) is 0. The Morgan fingerprint density at radius 2 is 2.06 bits per heavy atom. The molecule has 3 heteroatoms. The average molecular weight is 242 g/mol. The second-order valence-corrected chi connectivity index (χ2v) is 5.00. The Bertz CT molecular complexity index is 541. The van der Waals surface area contributed by atoms with Crippen LogP contribution >= 0.6 is 0 Å². The lowest BCUT2D eigenvalue weighted by Crippen LogP contribution is -2.17. The van der Waals surface area contributed by atoms with E-state index in [-0.39, 0.29) is 0 Å². The molecule has 94 valence electrons. The van der Waals surface area contributed by atoms with Gasteiger partial charge in [0.1, 0.15) is 0 Å². The summed E-state index contributed by atoms with van der Waals surface area (Å²) in [4.78, 5) is 4.60. The van der Waals surface area contributed by atoms with E-state index in [0.29, 0.717) is 18.8 Å². The third-order valence-corrected chi connectivity index (χ3v) is 3.55. The number of aromatic nitrogens is 1. The summed E-state index contributed by atoms with van der Waals surface area (Å²) in [6.45, 7) is 0.586. The van der Waals surface area contributed by atoms with Crippen LogP contribution in [0.3, 0.4) is 0 Å². The van der Waals surface area contributed by atoms with E-state index in [0.717, 1.165) is 30.5 Å². The number of nitrogens with two attached hydrogens (primary N) is 1. The molecule has 0 saturated heterocycles. The van der Waals surface area contributed by atoms with Gasteiger partial charge in [0.2, 0.25) is 0 Å². The minimum atomic E-state index is 0.313. The Morgan fingerprint density at radius 3 is 2.89 bits per heavy atom. The van der Waals surface area contributed by atoms with Gasteiger partial charge < -0.3 is 10.5 Å². The van der Waals surface area contributed by atoms with Gasteiger partial charge in [-0.15, -0.1) is 0 Å². The topological polar surface area (TPSA) is 48.1 Å². The van der Waals surface area contributed by atoms with Crippen molar-refractivity contribution in [1.82, 2.24) is 4.98 Å². The van der Waals surface area contributed by atoms with Crippen LogP contribution in [0.1, 0.15) is 25.0 Å². The molecule has 0 spiro atoms. The smallest absolute Gasteiger partial charge is 0.0891 e. The lowest BCUT2D eigenvalue weighted by Gasteiger charge is -2.11. The number of rotatable bonds is 3. The fraction of sp³-hybridized carbons (Fsp3) is 0.400. The van der Waals surface area contributed by atoms with Gasteiger partial charge in [0.25, 0.3) is 0 Å². The molecule has 1 fully saturated rings. The Kier molecular flexibility index (Phi) is 3.26. The number of ether oxygens (including phenoxy) is 1. The molecule has 2 atom stereocenters. The van der Waals surface area contributed by atoms with Crippen LogP contribution in [0.15, 0.2) is 36.4 Å². The lowest BCUT2D eigenvalue weighted by molar-refractivity contribution is 0.0431. The highest BCUT2D eigenvalue weighted by Crippen LogP contribution is 2.21. The zero-order chi connectivity index (χ0) is 12.4. The number of fused-ring (bicyclic) bond motifs is 1. The van der Waals surface area contributed by atoms with Crippen molar-refractivity contribution in [1.29, 1.82) is 0 Å². The molecule has 1 aliphatic rings. The van der Waals surface area contributed by atoms with Gasteiger partial charge in [-0.25, -0.2) is 0 Å². The summed E-state index contributed by atoms with van der Waals surface area (Å²) in [5, 5.41) is 1.17. The zero-order valence-corrected chi connectivity index (χ0v) is 10.4. The minimum Gasteiger partial charge on any atom is -0.372 e. The van der Waals surface area contributed by atoms with Crippen molar-refractivity contribution in [2.24, 2.45) is 5.73 Å². The molecule has 1 aliphatic carbocycles. The molecule has 18 heavy (non-hydrogen) atoms. The largest absolute Gasteiger partial charge is 0.372 e. The second kappa shape index (κ2) is 5.04. The van der Waals surface area contributed by atoms with Crippen molar-refractivity contribution in [3.8, 4) is 0 Å². The van der Waals surface area contributed by atoms with E-state index >= 15 is 0 Å². The van der Waals surface area contributed by atoms with Crippen LogP contribution in [0.5, 0.6) is 0 Å². The van der Waals surface area contributed by atoms with E-state index in [1.165, 1.54) is 5.39 Å². The maximum atomic E-state index is 5.87. The van der Waals surface area contributed by atoms with Crippen molar-refractivity contribution in [3.05, 3.63) is 42.1 Å². The Morgan fingerprint density at radius 1 is 1.17 bits per heavy atom.